The van der Waals surface area contributed by atoms with E-state index in [1.807, 2.05) is 24.3 Å². The van der Waals surface area contributed by atoms with Gasteiger partial charge in [0.2, 0.25) is 0 Å². The third kappa shape index (κ3) is 2.30. The van der Waals surface area contributed by atoms with Crippen LogP contribution in [0.5, 0.6) is 0 Å². The summed E-state index contributed by atoms with van der Waals surface area (Å²) in [5, 5.41) is 12.2. The van der Waals surface area contributed by atoms with Gasteiger partial charge in [0.05, 0.1) is 11.6 Å². The largest absolute Gasteiger partial charge is 0.384 e. The van der Waals surface area contributed by atoms with Gasteiger partial charge in [-0.1, -0.05) is 19.4 Å². The van der Waals surface area contributed by atoms with Crippen molar-refractivity contribution in [2.24, 2.45) is 5.41 Å². The lowest BCUT2D eigenvalue weighted by Gasteiger charge is -2.38. The molecule has 78 valence electrons. The lowest BCUT2D eigenvalue weighted by atomic mass is 9.70. The average molecular weight is 200 g/mol. The Bertz CT molecular complexity index is 386. The standard InChI is InChI=1S/C13H16N2/c1-13(6-3-7-13)10-15-12-5-2-4-11(8-12)9-14/h2,4-5,8,15H,3,6-7,10H2,1H3. The van der Waals surface area contributed by atoms with Crippen molar-refractivity contribution in [1.29, 1.82) is 5.26 Å². The maximum atomic E-state index is 8.77. The molecule has 1 fully saturated rings. The zero-order chi connectivity index (χ0) is 10.7. The average Bonchev–Trinajstić information content (AvgIpc) is 2.24. The van der Waals surface area contributed by atoms with Crippen molar-refractivity contribution in [3.05, 3.63) is 29.8 Å². The van der Waals surface area contributed by atoms with Crippen molar-refractivity contribution in [1.82, 2.24) is 0 Å². The monoisotopic (exact) mass is 200 g/mol. The van der Waals surface area contributed by atoms with Crippen LogP contribution in [0.2, 0.25) is 0 Å². The zero-order valence-electron chi connectivity index (χ0n) is 9.09. The van der Waals surface area contributed by atoms with Gasteiger partial charge < -0.3 is 5.32 Å². The molecule has 0 aromatic heterocycles. The molecule has 0 atom stereocenters. The first-order chi connectivity index (χ1) is 7.22. The maximum absolute atomic E-state index is 8.77. The number of hydrogen-bond donors (Lipinski definition) is 1. The Kier molecular flexibility index (Phi) is 2.64. The highest BCUT2D eigenvalue weighted by Gasteiger charge is 2.31. The van der Waals surface area contributed by atoms with E-state index in [1.54, 1.807) is 0 Å². The third-order valence-corrected chi connectivity index (χ3v) is 3.27. The Balaban J connectivity index is 1.96. The fourth-order valence-corrected chi connectivity index (χ4v) is 1.97. The predicted octanol–water partition coefficient (Wildman–Crippen LogP) is 3.16. The molecule has 0 radical (unpaired) electrons. The Morgan fingerprint density at radius 1 is 1.47 bits per heavy atom. The fourth-order valence-electron chi connectivity index (χ4n) is 1.97. The quantitative estimate of drug-likeness (QED) is 0.813. The van der Waals surface area contributed by atoms with Gasteiger partial charge in [-0.2, -0.15) is 5.26 Å². The number of benzene rings is 1. The van der Waals surface area contributed by atoms with Crippen LogP contribution in [0.3, 0.4) is 0 Å². The van der Waals surface area contributed by atoms with Crippen LogP contribution < -0.4 is 5.32 Å². The van der Waals surface area contributed by atoms with Crippen molar-refractivity contribution in [2.75, 3.05) is 11.9 Å². The van der Waals surface area contributed by atoms with Gasteiger partial charge in [-0.15, -0.1) is 0 Å². The van der Waals surface area contributed by atoms with Crippen molar-refractivity contribution < 1.29 is 0 Å². The lowest BCUT2D eigenvalue weighted by molar-refractivity contribution is 0.180. The molecular weight excluding hydrogens is 184 g/mol. The number of rotatable bonds is 3. The first-order valence-corrected chi connectivity index (χ1v) is 5.46. The number of anilines is 1. The van der Waals surface area contributed by atoms with Gasteiger partial charge in [-0.25, -0.2) is 0 Å². The van der Waals surface area contributed by atoms with E-state index in [9.17, 15) is 0 Å². The molecule has 0 bridgehead atoms. The molecule has 15 heavy (non-hydrogen) atoms. The second kappa shape index (κ2) is 3.94. The molecule has 0 heterocycles. The molecule has 0 spiro atoms. The molecule has 1 saturated carbocycles. The van der Waals surface area contributed by atoms with Crippen LogP contribution in [-0.2, 0) is 0 Å². The van der Waals surface area contributed by atoms with E-state index in [4.69, 9.17) is 5.26 Å². The van der Waals surface area contributed by atoms with Gasteiger partial charge in [0, 0.05) is 12.2 Å². The Morgan fingerprint density at radius 3 is 2.87 bits per heavy atom. The van der Waals surface area contributed by atoms with E-state index in [2.05, 4.69) is 18.3 Å². The fraction of sp³-hybridized carbons (Fsp3) is 0.462. The van der Waals surface area contributed by atoms with Crippen molar-refractivity contribution in [2.45, 2.75) is 26.2 Å². The summed E-state index contributed by atoms with van der Waals surface area (Å²) in [5.41, 5.74) is 2.25. The number of nitriles is 1. The van der Waals surface area contributed by atoms with Crippen LogP contribution in [0.15, 0.2) is 24.3 Å². The van der Waals surface area contributed by atoms with Gasteiger partial charge in [-0.3, -0.25) is 0 Å². The highest BCUT2D eigenvalue weighted by Crippen LogP contribution is 2.40. The molecule has 1 N–H and O–H groups in total. The number of nitrogens with zero attached hydrogens (tertiary/aromatic N) is 1. The first-order valence-electron chi connectivity index (χ1n) is 5.46. The Morgan fingerprint density at radius 2 is 2.27 bits per heavy atom. The van der Waals surface area contributed by atoms with Crippen LogP contribution in [0, 0.1) is 16.7 Å². The summed E-state index contributed by atoms with van der Waals surface area (Å²) in [6.07, 6.45) is 3.99. The third-order valence-electron chi connectivity index (χ3n) is 3.27. The van der Waals surface area contributed by atoms with Gasteiger partial charge in [0.25, 0.3) is 0 Å². The van der Waals surface area contributed by atoms with Crippen molar-refractivity contribution in [3.8, 4) is 6.07 Å². The van der Waals surface area contributed by atoms with E-state index in [1.165, 1.54) is 19.3 Å². The molecule has 1 aromatic rings. The maximum Gasteiger partial charge on any atom is 0.0992 e. The van der Waals surface area contributed by atoms with Crippen LogP contribution in [0.1, 0.15) is 31.7 Å². The van der Waals surface area contributed by atoms with Gasteiger partial charge in [0.1, 0.15) is 0 Å². The van der Waals surface area contributed by atoms with E-state index in [0.717, 1.165) is 17.8 Å². The minimum atomic E-state index is 0.475. The van der Waals surface area contributed by atoms with Crippen molar-refractivity contribution >= 4 is 5.69 Å². The lowest BCUT2D eigenvalue weighted by Crippen LogP contribution is -2.33. The van der Waals surface area contributed by atoms with Crippen LogP contribution in [0.4, 0.5) is 5.69 Å². The normalized spacial score (nSPS) is 17.6. The second-order valence-corrected chi connectivity index (χ2v) is 4.71. The number of hydrogen-bond acceptors (Lipinski definition) is 2. The summed E-state index contributed by atoms with van der Waals surface area (Å²) in [6, 6.07) is 9.82. The molecule has 2 heteroatoms. The molecule has 2 nitrogen and oxygen atoms in total. The minimum Gasteiger partial charge on any atom is -0.384 e. The van der Waals surface area contributed by atoms with Gasteiger partial charge in [0.15, 0.2) is 0 Å². The molecular formula is C13H16N2. The molecule has 0 saturated heterocycles. The van der Waals surface area contributed by atoms with E-state index in [-0.39, 0.29) is 0 Å². The van der Waals surface area contributed by atoms with E-state index < -0.39 is 0 Å². The molecule has 0 unspecified atom stereocenters. The number of nitrogens with one attached hydrogen (secondary N) is 1. The van der Waals surface area contributed by atoms with Crippen molar-refractivity contribution in [3.63, 3.8) is 0 Å². The zero-order valence-corrected chi connectivity index (χ0v) is 9.09. The SMILES string of the molecule is CC1(CNc2cccc(C#N)c2)CCC1. The smallest absolute Gasteiger partial charge is 0.0992 e. The predicted molar refractivity (Wildman–Crippen MR) is 61.6 cm³/mol. The molecule has 2 rings (SSSR count). The minimum absolute atomic E-state index is 0.475. The van der Waals surface area contributed by atoms with Crippen LogP contribution >= 0.6 is 0 Å². The highest BCUT2D eigenvalue weighted by atomic mass is 14.9. The Labute approximate surface area is 90.9 Å². The molecule has 1 aliphatic carbocycles. The summed E-state index contributed by atoms with van der Waals surface area (Å²) >= 11 is 0. The topological polar surface area (TPSA) is 35.8 Å². The van der Waals surface area contributed by atoms with Crippen LogP contribution in [0.25, 0.3) is 0 Å². The van der Waals surface area contributed by atoms with Crippen LogP contribution in [-0.4, -0.2) is 6.54 Å². The summed E-state index contributed by atoms with van der Waals surface area (Å²) in [7, 11) is 0. The van der Waals surface area contributed by atoms with Gasteiger partial charge in [-0.05, 0) is 36.5 Å². The van der Waals surface area contributed by atoms with E-state index in [0.29, 0.717) is 5.41 Å². The van der Waals surface area contributed by atoms with Gasteiger partial charge >= 0.3 is 0 Å². The molecule has 1 aromatic carbocycles. The highest BCUT2D eigenvalue weighted by molar-refractivity contribution is 5.49. The summed E-state index contributed by atoms with van der Waals surface area (Å²) in [4.78, 5) is 0. The summed E-state index contributed by atoms with van der Waals surface area (Å²) in [5.74, 6) is 0. The Hall–Kier alpha value is -1.49. The second-order valence-electron chi connectivity index (χ2n) is 4.71. The van der Waals surface area contributed by atoms with E-state index >= 15 is 0 Å². The molecule has 1 aliphatic rings. The molecule has 0 amide bonds. The first kappa shape index (κ1) is 10.0. The summed E-state index contributed by atoms with van der Waals surface area (Å²) in [6.45, 7) is 3.33. The molecule has 0 aliphatic heterocycles. The summed E-state index contributed by atoms with van der Waals surface area (Å²) < 4.78 is 0.